The number of ether oxygens (including phenoxy) is 2. The Balaban J connectivity index is 1.94. The Morgan fingerprint density at radius 3 is 1.79 bits per heavy atom. The monoisotopic (exact) mass is 620 g/mol. The second-order valence-corrected chi connectivity index (χ2v) is 13.3. The molecule has 2 N–H and O–H groups in total. The molecule has 0 heterocycles. The van der Waals surface area contributed by atoms with Gasteiger partial charge in [0.1, 0.15) is 19.3 Å². The molecule has 0 aromatic heterocycles. The van der Waals surface area contributed by atoms with Gasteiger partial charge in [0, 0.05) is 13.0 Å². The summed E-state index contributed by atoms with van der Waals surface area (Å²) in [5, 5.41) is 5.19. The van der Waals surface area contributed by atoms with Crippen LogP contribution in [0, 0.1) is 0 Å². The third kappa shape index (κ3) is 16.3. The Hall–Kier alpha value is -3.24. The van der Waals surface area contributed by atoms with Gasteiger partial charge in [0.05, 0.1) is 17.8 Å². The average molecular weight is 621 g/mol. The molecule has 0 saturated heterocycles. The summed E-state index contributed by atoms with van der Waals surface area (Å²) in [6, 6.07) is 17.1. The predicted octanol–water partition coefficient (Wildman–Crippen LogP) is 6.07. The number of amides is 2. The van der Waals surface area contributed by atoms with Gasteiger partial charge in [-0.15, -0.1) is 0 Å². The van der Waals surface area contributed by atoms with Crippen molar-refractivity contribution in [1.82, 2.24) is 10.6 Å². The van der Waals surface area contributed by atoms with Crippen LogP contribution >= 0.6 is 7.82 Å². The second-order valence-electron chi connectivity index (χ2n) is 11.8. The largest absolute Gasteiger partial charge is 0.475 e. The molecular weight excluding hydrogens is 575 g/mol. The molecule has 0 radical (unpaired) electrons. The molecule has 2 rings (SSSR count). The van der Waals surface area contributed by atoms with Crippen LogP contribution in [0.25, 0.3) is 0 Å². The SMILES string of the molecule is CC(C)(C)OP(=O)(OCC(NC(=O)OCc1ccccc1)C(=O)NCCCCC(=O)OCc1ccccc1)OC(C)(C)C. The minimum atomic E-state index is -4.16. The zero-order chi connectivity index (χ0) is 31.9. The number of phosphoric ester groups is 1. The first-order valence-corrected chi connectivity index (χ1v) is 15.7. The van der Waals surface area contributed by atoms with Crippen LogP contribution in [0.2, 0.25) is 0 Å². The molecule has 11 nitrogen and oxygen atoms in total. The zero-order valence-electron chi connectivity index (χ0n) is 25.9. The molecule has 0 spiro atoms. The van der Waals surface area contributed by atoms with Crippen molar-refractivity contribution in [3.05, 3.63) is 71.8 Å². The molecule has 238 valence electrons. The number of alkyl carbamates (subject to hydrolysis) is 1. The van der Waals surface area contributed by atoms with E-state index in [0.29, 0.717) is 12.8 Å². The Morgan fingerprint density at radius 2 is 1.28 bits per heavy atom. The van der Waals surface area contributed by atoms with Crippen molar-refractivity contribution < 1.29 is 42.0 Å². The van der Waals surface area contributed by atoms with Crippen molar-refractivity contribution in [2.24, 2.45) is 0 Å². The van der Waals surface area contributed by atoms with Crippen LogP contribution in [0.3, 0.4) is 0 Å². The normalized spacial score (nSPS) is 12.7. The van der Waals surface area contributed by atoms with Crippen LogP contribution in [0.5, 0.6) is 0 Å². The quantitative estimate of drug-likeness (QED) is 0.130. The van der Waals surface area contributed by atoms with E-state index in [2.05, 4.69) is 10.6 Å². The molecule has 0 aliphatic carbocycles. The molecule has 0 bridgehead atoms. The fraction of sp³-hybridized carbons (Fsp3) is 0.516. The van der Waals surface area contributed by atoms with Crippen molar-refractivity contribution in [3.63, 3.8) is 0 Å². The smallest absolute Gasteiger partial charge is 0.461 e. The Morgan fingerprint density at radius 1 is 0.767 bits per heavy atom. The standard InChI is InChI=1S/C31H45N2O9P/c1-30(2,3)41-43(37,42-31(4,5)6)40-23-26(33-29(36)39-22-25-17-11-8-12-18-25)28(35)32-20-14-13-19-27(34)38-21-24-15-9-7-10-16-24/h7-12,15-18,26H,13-14,19-23H2,1-6H3,(H,32,35)(H,33,36). The maximum atomic E-state index is 13.5. The van der Waals surface area contributed by atoms with Crippen molar-refractivity contribution in [3.8, 4) is 0 Å². The van der Waals surface area contributed by atoms with Crippen LogP contribution in [0.15, 0.2) is 60.7 Å². The van der Waals surface area contributed by atoms with Crippen molar-refractivity contribution >= 4 is 25.8 Å². The van der Waals surface area contributed by atoms with Gasteiger partial charge < -0.3 is 20.1 Å². The number of benzene rings is 2. The Kier molecular flexibility index (Phi) is 14.3. The summed E-state index contributed by atoms with van der Waals surface area (Å²) < 4.78 is 40.8. The van der Waals surface area contributed by atoms with Crippen molar-refractivity contribution in [1.29, 1.82) is 0 Å². The number of phosphoric acid groups is 1. The van der Waals surface area contributed by atoms with Gasteiger partial charge in [-0.3, -0.25) is 23.2 Å². The summed E-state index contributed by atoms with van der Waals surface area (Å²) in [6.07, 6.45) is 0.292. The number of nitrogens with one attached hydrogen (secondary N) is 2. The van der Waals surface area contributed by atoms with Gasteiger partial charge >= 0.3 is 19.9 Å². The fourth-order valence-corrected chi connectivity index (χ4v) is 5.35. The molecule has 0 saturated carbocycles. The van der Waals surface area contributed by atoms with E-state index in [9.17, 15) is 18.9 Å². The van der Waals surface area contributed by atoms with Gasteiger partial charge in [0.2, 0.25) is 5.91 Å². The van der Waals surface area contributed by atoms with E-state index >= 15 is 0 Å². The first-order chi connectivity index (χ1) is 20.1. The molecule has 1 unspecified atom stereocenters. The molecule has 2 aromatic rings. The molecule has 0 aliphatic heterocycles. The number of carbonyl (C=O) groups is 3. The Bertz CT molecular complexity index is 1180. The third-order valence-corrected chi connectivity index (χ3v) is 7.35. The second kappa shape index (κ2) is 17.2. The van der Waals surface area contributed by atoms with E-state index in [1.54, 1.807) is 53.7 Å². The predicted molar refractivity (Wildman–Crippen MR) is 162 cm³/mol. The molecular formula is C31H45N2O9P. The third-order valence-electron chi connectivity index (χ3n) is 5.34. The van der Waals surface area contributed by atoms with Gasteiger partial charge in [-0.1, -0.05) is 60.7 Å². The molecule has 2 aromatic carbocycles. The average Bonchev–Trinajstić information content (AvgIpc) is 2.91. The van der Waals surface area contributed by atoms with Gasteiger partial charge in [-0.25, -0.2) is 9.36 Å². The molecule has 1 atom stereocenters. The van der Waals surface area contributed by atoms with Crippen LogP contribution in [-0.2, 0) is 50.4 Å². The van der Waals surface area contributed by atoms with Crippen LogP contribution < -0.4 is 10.6 Å². The highest BCUT2D eigenvalue weighted by Crippen LogP contribution is 2.55. The summed E-state index contributed by atoms with van der Waals surface area (Å²) in [4.78, 5) is 37.7. The lowest BCUT2D eigenvalue weighted by atomic mass is 10.2. The van der Waals surface area contributed by atoms with Crippen LogP contribution in [-0.4, -0.2) is 48.4 Å². The minimum Gasteiger partial charge on any atom is -0.461 e. The van der Waals surface area contributed by atoms with Gasteiger partial charge in [0.15, 0.2) is 0 Å². The lowest BCUT2D eigenvalue weighted by molar-refractivity contribution is -0.145. The number of hydrogen-bond donors (Lipinski definition) is 2. The topological polar surface area (TPSA) is 138 Å². The highest BCUT2D eigenvalue weighted by Gasteiger charge is 2.38. The van der Waals surface area contributed by atoms with Crippen molar-refractivity contribution in [2.45, 2.75) is 91.3 Å². The van der Waals surface area contributed by atoms with Gasteiger partial charge in [-0.05, 0) is 65.5 Å². The van der Waals surface area contributed by atoms with Gasteiger partial charge in [-0.2, -0.15) is 0 Å². The van der Waals surface area contributed by atoms with E-state index in [1.165, 1.54) is 0 Å². The lowest BCUT2D eigenvalue weighted by Gasteiger charge is -2.31. The molecule has 2 amide bonds. The summed E-state index contributed by atoms with van der Waals surface area (Å²) in [6.45, 7) is 10.0. The number of esters is 1. The number of carbonyl (C=O) groups excluding carboxylic acids is 3. The molecule has 43 heavy (non-hydrogen) atoms. The van der Waals surface area contributed by atoms with E-state index in [1.807, 2.05) is 48.5 Å². The lowest BCUT2D eigenvalue weighted by Crippen LogP contribution is -2.49. The number of hydrogen-bond acceptors (Lipinski definition) is 9. The van der Waals surface area contributed by atoms with E-state index in [4.69, 9.17) is 23.0 Å². The number of unbranched alkanes of at least 4 members (excludes halogenated alkanes) is 1. The van der Waals surface area contributed by atoms with E-state index < -0.39 is 43.7 Å². The summed E-state index contributed by atoms with van der Waals surface area (Å²) >= 11 is 0. The zero-order valence-corrected chi connectivity index (χ0v) is 26.8. The maximum Gasteiger partial charge on any atom is 0.475 e. The number of rotatable bonds is 16. The van der Waals surface area contributed by atoms with E-state index in [0.717, 1.165) is 11.1 Å². The molecule has 0 aliphatic rings. The first-order valence-electron chi connectivity index (χ1n) is 14.2. The maximum absolute atomic E-state index is 13.5. The van der Waals surface area contributed by atoms with Gasteiger partial charge in [0.25, 0.3) is 0 Å². The van der Waals surface area contributed by atoms with E-state index in [-0.39, 0.29) is 32.1 Å². The molecule has 12 heteroatoms. The Labute approximate surface area is 254 Å². The van der Waals surface area contributed by atoms with Crippen LogP contribution in [0.4, 0.5) is 4.79 Å². The summed E-state index contributed by atoms with van der Waals surface area (Å²) in [5.41, 5.74) is -0.110. The highest BCUT2D eigenvalue weighted by atomic mass is 31.2. The fourth-order valence-electron chi connectivity index (χ4n) is 3.54. The summed E-state index contributed by atoms with van der Waals surface area (Å²) in [7, 11) is -4.16. The highest BCUT2D eigenvalue weighted by molar-refractivity contribution is 7.48. The van der Waals surface area contributed by atoms with Crippen molar-refractivity contribution in [2.75, 3.05) is 13.2 Å². The summed E-state index contributed by atoms with van der Waals surface area (Å²) in [5.74, 6) is -0.931. The minimum absolute atomic E-state index is 0.0129. The first kappa shape index (κ1) is 36.0. The molecule has 0 fully saturated rings. The van der Waals surface area contributed by atoms with Crippen LogP contribution in [0.1, 0.15) is 71.9 Å².